The van der Waals surface area contributed by atoms with Crippen LogP contribution in [0.2, 0.25) is 0 Å². The second kappa shape index (κ2) is 8.49. The Morgan fingerprint density at radius 1 is 1.13 bits per heavy atom. The number of benzene rings is 1. The number of aryl methyl sites for hydroxylation is 2. The molecular formula is C23H25N5O2. The van der Waals surface area contributed by atoms with Crippen molar-refractivity contribution in [3.63, 3.8) is 0 Å². The Balaban J connectivity index is 1.64. The minimum absolute atomic E-state index is 0.152. The first-order valence-electron chi connectivity index (χ1n) is 10.1. The predicted molar refractivity (Wildman–Crippen MR) is 116 cm³/mol. The van der Waals surface area contributed by atoms with E-state index in [9.17, 15) is 5.11 Å². The molecule has 3 aromatic heterocycles. The van der Waals surface area contributed by atoms with Gasteiger partial charge in [-0.25, -0.2) is 15.0 Å². The van der Waals surface area contributed by atoms with Crippen molar-refractivity contribution >= 4 is 11.2 Å². The number of ether oxygens (including phenoxy) is 1. The lowest BCUT2D eigenvalue weighted by Gasteiger charge is -2.10. The van der Waals surface area contributed by atoms with Crippen LogP contribution in [0.25, 0.3) is 22.6 Å². The van der Waals surface area contributed by atoms with E-state index in [0.717, 1.165) is 47.2 Å². The van der Waals surface area contributed by atoms with E-state index in [2.05, 4.69) is 28.4 Å². The zero-order chi connectivity index (χ0) is 21.1. The smallest absolute Gasteiger partial charge is 0.164 e. The molecule has 1 N–H and O–H groups in total. The number of phenolic OH excluding ortho intramolecular Hbond substituents is 1. The highest BCUT2D eigenvalue weighted by Gasteiger charge is 2.16. The molecule has 1 aromatic carbocycles. The molecule has 7 heteroatoms. The van der Waals surface area contributed by atoms with Crippen LogP contribution in [0.4, 0.5) is 0 Å². The van der Waals surface area contributed by atoms with Gasteiger partial charge in [0.05, 0.1) is 19.1 Å². The number of fused-ring (bicyclic) bond motifs is 1. The molecular weight excluding hydrogens is 378 g/mol. The summed E-state index contributed by atoms with van der Waals surface area (Å²) in [5.41, 5.74) is 4.62. The number of aromatic nitrogens is 5. The van der Waals surface area contributed by atoms with Crippen molar-refractivity contribution in [3.8, 4) is 22.9 Å². The van der Waals surface area contributed by atoms with Crippen LogP contribution in [0.5, 0.6) is 11.5 Å². The van der Waals surface area contributed by atoms with Gasteiger partial charge in [-0.3, -0.25) is 4.98 Å². The molecule has 0 saturated heterocycles. The van der Waals surface area contributed by atoms with Gasteiger partial charge in [-0.2, -0.15) is 0 Å². The summed E-state index contributed by atoms with van der Waals surface area (Å²) in [5.74, 6) is 1.31. The Labute approximate surface area is 175 Å². The van der Waals surface area contributed by atoms with Gasteiger partial charge in [-0.15, -0.1) is 0 Å². The third-order valence-electron chi connectivity index (χ3n) is 5.09. The molecule has 0 bridgehead atoms. The number of hydrogen-bond acceptors (Lipinski definition) is 6. The largest absolute Gasteiger partial charge is 0.504 e. The average molecular weight is 403 g/mol. The molecule has 3 heterocycles. The fraction of sp³-hybridized carbons (Fsp3) is 0.304. The number of phenols is 1. The molecule has 4 aromatic rings. The van der Waals surface area contributed by atoms with Crippen molar-refractivity contribution in [1.82, 2.24) is 24.5 Å². The fourth-order valence-corrected chi connectivity index (χ4v) is 3.49. The number of pyridine rings is 1. The van der Waals surface area contributed by atoms with Crippen LogP contribution in [0.3, 0.4) is 0 Å². The van der Waals surface area contributed by atoms with Gasteiger partial charge < -0.3 is 14.4 Å². The monoisotopic (exact) mass is 403 g/mol. The summed E-state index contributed by atoms with van der Waals surface area (Å²) in [6, 6.07) is 9.57. The van der Waals surface area contributed by atoms with Gasteiger partial charge in [0.15, 0.2) is 23.0 Å². The molecule has 0 atom stereocenters. The van der Waals surface area contributed by atoms with Crippen LogP contribution in [-0.4, -0.2) is 36.7 Å². The highest BCUT2D eigenvalue weighted by Crippen LogP contribution is 2.28. The summed E-state index contributed by atoms with van der Waals surface area (Å²) in [5, 5.41) is 9.78. The molecule has 154 valence electrons. The second-order valence-corrected chi connectivity index (χ2v) is 7.51. The Kier molecular flexibility index (Phi) is 5.61. The standard InChI is InChI=1S/C23H25N5O2/c1-15(2)28-14-25-21-18(8-4-6-16-9-10-19(29)20(12-16)30-3)26-22(27-23(21)28)17-7-5-11-24-13-17/h5,7,9-15,29H,4,6,8H2,1-3H3. The molecule has 0 spiro atoms. The molecule has 0 unspecified atom stereocenters. The van der Waals surface area contributed by atoms with E-state index in [-0.39, 0.29) is 11.8 Å². The Morgan fingerprint density at radius 2 is 2.00 bits per heavy atom. The Hall–Kier alpha value is -3.48. The van der Waals surface area contributed by atoms with Crippen molar-refractivity contribution in [2.75, 3.05) is 7.11 Å². The molecule has 4 rings (SSSR count). The van der Waals surface area contributed by atoms with Crippen LogP contribution >= 0.6 is 0 Å². The summed E-state index contributed by atoms with van der Waals surface area (Å²) in [7, 11) is 1.56. The van der Waals surface area contributed by atoms with E-state index >= 15 is 0 Å². The lowest BCUT2D eigenvalue weighted by molar-refractivity contribution is 0.373. The van der Waals surface area contributed by atoms with Crippen molar-refractivity contribution in [3.05, 3.63) is 60.3 Å². The fourth-order valence-electron chi connectivity index (χ4n) is 3.49. The molecule has 0 aliphatic rings. The number of rotatable bonds is 7. The summed E-state index contributed by atoms with van der Waals surface area (Å²) in [6.45, 7) is 4.23. The van der Waals surface area contributed by atoms with E-state index in [1.807, 2.05) is 30.6 Å². The van der Waals surface area contributed by atoms with E-state index in [1.165, 1.54) is 0 Å². The first-order valence-corrected chi connectivity index (χ1v) is 10.1. The second-order valence-electron chi connectivity index (χ2n) is 7.51. The van der Waals surface area contributed by atoms with Gasteiger partial charge in [0, 0.05) is 24.0 Å². The highest BCUT2D eigenvalue weighted by molar-refractivity contribution is 5.76. The van der Waals surface area contributed by atoms with Crippen molar-refractivity contribution in [2.24, 2.45) is 0 Å². The molecule has 7 nitrogen and oxygen atoms in total. The van der Waals surface area contributed by atoms with Gasteiger partial charge in [0.2, 0.25) is 0 Å². The van der Waals surface area contributed by atoms with Gasteiger partial charge in [-0.1, -0.05) is 6.07 Å². The average Bonchev–Trinajstić information content (AvgIpc) is 3.20. The first kappa shape index (κ1) is 19.8. The molecule has 0 saturated carbocycles. The lowest BCUT2D eigenvalue weighted by atomic mass is 10.1. The van der Waals surface area contributed by atoms with Crippen LogP contribution in [0.1, 0.15) is 37.6 Å². The van der Waals surface area contributed by atoms with E-state index in [0.29, 0.717) is 11.6 Å². The predicted octanol–water partition coefficient (Wildman–Crippen LogP) is 4.36. The molecule has 0 aliphatic carbocycles. The summed E-state index contributed by atoms with van der Waals surface area (Å²) < 4.78 is 7.28. The van der Waals surface area contributed by atoms with Crippen LogP contribution in [-0.2, 0) is 12.8 Å². The van der Waals surface area contributed by atoms with Gasteiger partial charge in [0.1, 0.15) is 5.52 Å². The highest BCUT2D eigenvalue weighted by atomic mass is 16.5. The maximum absolute atomic E-state index is 9.78. The maximum atomic E-state index is 9.78. The zero-order valence-electron chi connectivity index (χ0n) is 17.4. The molecule has 0 amide bonds. The van der Waals surface area contributed by atoms with Crippen molar-refractivity contribution < 1.29 is 9.84 Å². The number of aromatic hydroxyl groups is 1. The van der Waals surface area contributed by atoms with Crippen LogP contribution in [0.15, 0.2) is 49.1 Å². The first-order chi connectivity index (χ1) is 14.6. The molecule has 30 heavy (non-hydrogen) atoms. The van der Waals surface area contributed by atoms with E-state index < -0.39 is 0 Å². The number of hydrogen-bond donors (Lipinski definition) is 1. The zero-order valence-corrected chi connectivity index (χ0v) is 17.4. The third kappa shape index (κ3) is 3.96. The van der Waals surface area contributed by atoms with Gasteiger partial charge in [-0.05, 0) is 62.9 Å². The van der Waals surface area contributed by atoms with Crippen LogP contribution in [0, 0.1) is 0 Å². The Bertz CT molecular complexity index is 1160. The SMILES string of the molecule is COc1cc(CCCc2nc(-c3cccnc3)nc3c2ncn3C(C)C)ccc1O. The number of nitrogens with zero attached hydrogens (tertiary/aromatic N) is 5. The third-order valence-corrected chi connectivity index (χ3v) is 5.09. The van der Waals surface area contributed by atoms with Crippen molar-refractivity contribution in [2.45, 2.75) is 39.2 Å². The summed E-state index contributed by atoms with van der Waals surface area (Å²) >= 11 is 0. The number of methoxy groups -OCH3 is 1. The minimum Gasteiger partial charge on any atom is -0.504 e. The molecule has 0 aliphatic heterocycles. The normalized spacial score (nSPS) is 11.3. The minimum atomic E-state index is 0.152. The molecule has 0 radical (unpaired) electrons. The number of imidazole rings is 1. The topological polar surface area (TPSA) is 86.0 Å². The lowest BCUT2D eigenvalue weighted by Crippen LogP contribution is -2.04. The maximum Gasteiger partial charge on any atom is 0.164 e. The summed E-state index contributed by atoms with van der Waals surface area (Å²) in [4.78, 5) is 18.4. The van der Waals surface area contributed by atoms with E-state index in [4.69, 9.17) is 14.7 Å². The summed E-state index contributed by atoms with van der Waals surface area (Å²) in [6.07, 6.45) is 7.86. The quantitative estimate of drug-likeness (QED) is 0.493. The van der Waals surface area contributed by atoms with Gasteiger partial charge in [0.25, 0.3) is 0 Å². The van der Waals surface area contributed by atoms with E-state index in [1.54, 1.807) is 25.6 Å². The molecule has 0 fully saturated rings. The van der Waals surface area contributed by atoms with Gasteiger partial charge >= 0.3 is 0 Å². The Morgan fingerprint density at radius 3 is 2.73 bits per heavy atom. The van der Waals surface area contributed by atoms with Crippen LogP contribution < -0.4 is 4.74 Å². The van der Waals surface area contributed by atoms with Crippen molar-refractivity contribution in [1.29, 1.82) is 0 Å².